The quantitative estimate of drug-likeness (QED) is 0.907. The van der Waals surface area contributed by atoms with E-state index in [2.05, 4.69) is 5.32 Å². The summed E-state index contributed by atoms with van der Waals surface area (Å²) < 4.78 is 5.15. The maximum atomic E-state index is 12.5. The van der Waals surface area contributed by atoms with Crippen molar-refractivity contribution in [1.29, 1.82) is 0 Å². The summed E-state index contributed by atoms with van der Waals surface area (Å²) in [4.78, 5) is 12.5. The minimum absolute atomic E-state index is 0.0439. The van der Waals surface area contributed by atoms with Gasteiger partial charge in [-0.3, -0.25) is 4.79 Å². The number of hydrogen-bond acceptors (Lipinski definition) is 2. The molecule has 3 nitrogen and oxygen atoms in total. The highest BCUT2D eigenvalue weighted by molar-refractivity contribution is 6.31. The van der Waals surface area contributed by atoms with Crippen LogP contribution >= 0.6 is 11.6 Å². The number of carbonyl (C=O) groups is 1. The van der Waals surface area contributed by atoms with Crippen molar-refractivity contribution in [2.24, 2.45) is 0 Å². The predicted octanol–water partition coefficient (Wildman–Crippen LogP) is 3.94. The Bertz CT molecular complexity index is 650. The van der Waals surface area contributed by atoms with E-state index < -0.39 is 5.41 Å². The van der Waals surface area contributed by atoms with Gasteiger partial charge in [-0.25, -0.2) is 0 Å². The highest BCUT2D eigenvalue weighted by Gasteiger charge is 2.29. The van der Waals surface area contributed by atoms with Gasteiger partial charge in [0.05, 0.1) is 12.5 Å². The van der Waals surface area contributed by atoms with Gasteiger partial charge in [-0.1, -0.05) is 41.9 Å². The smallest absolute Gasteiger partial charge is 0.230 e. The van der Waals surface area contributed by atoms with Gasteiger partial charge >= 0.3 is 0 Å². The fourth-order valence-corrected chi connectivity index (χ4v) is 2.38. The van der Waals surface area contributed by atoms with Crippen molar-refractivity contribution in [2.75, 3.05) is 7.11 Å². The van der Waals surface area contributed by atoms with E-state index in [-0.39, 0.29) is 5.91 Å². The molecule has 0 saturated carbocycles. The lowest BCUT2D eigenvalue weighted by Gasteiger charge is -2.24. The Morgan fingerprint density at radius 1 is 1.14 bits per heavy atom. The molecule has 0 unspecified atom stereocenters. The first kappa shape index (κ1) is 16.4. The lowest BCUT2D eigenvalue weighted by atomic mass is 9.83. The highest BCUT2D eigenvalue weighted by atomic mass is 35.5. The van der Waals surface area contributed by atoms with E-state index in [1.807, 2.05) is 62.4 Å². The maximum Gasteiger partial charge on any atom is 0.230 e. The molecule has 0 aliphatic heterocycles. The van der Waals surface area contributed by atoms with E-state index in [0.29, 0.717) is 11.6 Å². The van der Waals surface area contributed by atoms with Gasteiger partial charge < -0.3 is 10.1 Å². The highest BCUT2D eigenvalue weighted by Crippen LogP contribution is 2.26. The van der Waals surface area contributed by atoms with Crippen molar-refractivity contribution < 1.29 is 9.53 Å². The number of carbonyl (C=O) groups excluding carboxylic acids is 1. The molecule has 0 fully saturated rings. The van der Waals surface area contributed by atoms with Gasteiger partial charge in [0.25, 0.3) is 0 Å². The minimum Gasteiger partial charge on any atom is -0.497 e. The number of methoxy groups -OCH3 is 1. The van der Waals surface area contributed by atoms with Crippen LogP contribution in [0.2, 0.25) is 5.02 Å². The Morgan fingerprint density at radius 3 is 2.36 bits per heavy atom. The van der Waals surface area contributed by atoms with Crippen LogP contribution in [0.4, 0.5) is 0 Å². The Balaban J connectivity index is 2.08. The number of ether oxygens (including phenoxy) is 1. The van der Waals surface area contributed by atoms with Crippen LogP contribution in [0.3, 0.4) is 0 Å². The summed E-state index contributed by atoms with van der Waals surface area (Å²) in [6.45, 7) is 4.21. The van der Waals surface area contributed by atoms with Crippen LogP contribution in [0.5, 0.6) is 5.75 Å². The lowest BCUT2D eigenvalue weighted by molar-refractivity contribution is -0.125. The molecule has 1 amide bonds. The van der Waals surface area contributed by atoms with Crippen molar-refractivity contribution in [3.8, 4) is 5.75 Å². The molecule has 0 bridgehead atoms. The van der Waals surface area contributed by atoms with Gasteiger partial charge in [-0.2, -0.15) is 0 Å². The molecule has 0 atom stereocenters. The van der Waals surface area contributed by atoms with Gasteiger partial charge in [0, 0.05) is 11.6 Å². The van der Waals surface area contributed by atoms with Gasteiger partial charge in [-0.05, 0) is 43.2 Å². The molecule has 0 aliphatic rings. The van der Waals surface area contributed by atoms with Crippen LogP contribution in [-0.4, -0.2) is 13.0 Å². The summed E-state index contributed by atoms with van der Waals surface area (Å²) in [6.07, 6.45) is 0. The Kier molecular flexibility index (Phi) is 5.09. The third-order valence-electron chi connectivity index (χ3n) is 3.78. The molecular weight excluding hydrogens is 298 g/mol. The van der Waals surface area contributed by atoms with E-state index in [1.54, 1.807) is 7.11 Å². The van der Waals surface area contributed by atoms with Gasteiger partial charge in [0.1, 0.15) is 5.75 Å². The van der Waals surface area contributed by atoms with Crippen LogP contribution in [0, 0.1) is 0 Å². The molecule has 0 aromatic heterocycles. The molecule has 2 aromatic rings. The molecule has 0 saturated heterocycles. The molecule has 2 rings (SSSR count). The van der Waals surface area contributed by atoms with Crippen LogP contribution in [0.25, 0.3) is 0 Å². The van der Waals surface area contributed by atoms with Crippen LogP contribution in [-0.2, 0) is 16.8 Å². The predicted molar refractivity (Wildman–Crippen MR) is 89.3 cm³/mol. The van der Waals surface area contributed by atoms with E-state index in [1.165, 1.54) is 0 Å². The molecule has 0 heterocycles. The number of nitrogens with one attached hydrogen (secondary N) is 1. The summed E-state index contributed by atoms with van der Waals surface area (Å²) in [5.41, 5.74) is 1.21. The summed E-state index contributed by atoms with van der Waals surface area (Å²) in [6, 6.07) is 15.0. The van der Waals surface area contributed by atoms with E-state index in [0.717, 1.165) is 16.9 Å². The average molecular weight is 318 g/mol. The first-order valence-corrected chi connectivity index (χ1v) is 7.49. The molecule has 0 radical (unpaired) electrons. The molecule has 22 heavy (non-hydrogen) atoms. The number of hydrogen-bond donors (Lipinski definition) is 1. The normalized spacial score (nSPS) is 11.1. The number of halogens is 1. The minimum atomic E-state index is -0.631. The topological polar surface area (TPSA) is 38.3 Å². The second-order valence-corrected chi connectivity index (χ2v) is 6.03. The van der Waals surface area contributed by atoms with Gasteiger partial charge in [0.2, 0.25) is 5.91 Å². The standard InChI is InChI=1S/C18H20ClNO2/c1-18(2,14-8-10-15(22-3)11-9-14)17(21)20-12-13-6-4-5-7-16(13)19/h4-11H,12H2,1-3H3,(H,20,21). The monoisotopic (exact) mass is 317 g/mol. The van der Waals surface area contributed by atoms with Crippen molar-refractivity contribution in [3.05, 3.63) is 64.7 Å². The van der Waals surface area contributed by atoms with E-state index >= 15 is 0 Å². The summed E-state index contributed by atoms with van der Waals surface area (Å²) in [5.74, 6) is 0.730. The summed E-state index contributed by atoms with van der Waals surface area (Å²) >= 11 is 6.11. The second-order valence-electron chi connectivity index (χ2n) is 5.63. The van der Waals surface area contributed by atoms with Crippen molar-refractivity contribution in [3.63, 3.8) is 0 Å². The zero-order chi connectivity index (χ0) is 16.2. The average Bonchev–Trinajstić information content (AvgIpc) is 2.53. The second kappa shape index (κ2) is 6.84. The number of rotatable bonds is 5. The molecular formula is C18H20ClNO2. The molecule has 1 N–H and O–H groups in total. The van der Waals surface area contributed by atoms with Crippen molar-refractivity contribution in [2.45, 2.75) is 25.8 Å². The SMILES string of the molecule is COc1ccc(C(C)(C)C(=O)NCc2ccccc2Cl)cc1. The van der Waals surface area contributed by atoms with E-state index in [4.69, 9.17) is 16.3 Å². The lowest BCUT2D eigenvalue weighted by Crippen LogP contribution is -2.39. The maximum absolute atomic E-state index is 12.5. The first-order valence-electron chi connectivity index (χ1n) is 7.11. The number of amides is 1. The zero-order valence-electron chi connectivity index (χ0n) is 13.0. The first-order chi connectivity index (χ1) is 10.4. The summed E-state index contributed by atoms with van der Waals surface area (Å²) in [7, 11) is 1.62. The van der Waals surface area contributed by atoms with Gasteiger partial charge in [0.15, 0.2) is 0 Å². The third-order valence-corrected chi connectivity index (χ3v) is 4.15. The fraction of sp³-hybridized carbons (Fsp3) is 0.278. The van der Waals surface area contributed by atoms with Crippen molar-refractivity contribution in [1.82, 2.24) is 5.32 Å². The molecule has 4 heteroatoms. The molecule has 0 aliphatic carbocycles. The molecule has 116 valence electrons. The van der Waals surface area contributed by atoms with Crippen LogP contribution < -0.4 is 10.1 Å². The fourth-order valence-electron chi connectivity index (χ4n) is 2.18. The molecule has 0 spiro atoms. The number of benzene rings is 2. The van der Waals surface area contributed by atoms with Crippen molar-refractivity contribution >= 4 is 17.5 Å². The Hall–Kier alpha value is -2.00. The van der Waals surface area contributed by atoms with Crippen LogP contribution in [0.15, 0.2) is 48.5 Å². The Labute approximate surface area is 136 Å². The summed E-state index contributed by atoms with van der Waals surface area (Å²) in [5, 5.41) is 3.61. The van der Waals surface area contributed by atoms with Crippen LogP contribution in [0.1, 0.15) is 25.0 Å². The molecule has 2 aromatic carbocycles. The third kappa shape index (κ3) is 3.60. The zero-order valence-corrected chi connectivity index (χ0v) is 13.8. The largest absolute Gasteiger partial charge is 0.497 e. The Morgan fingerprint density at radius 2 is 1.77 bits per heavy atom. The van der Waals surface area contributed by atoms with E-state index in [9.17, 15) is 4.79 Å². The van der Waals surface area contributed by atoms with Gasteiger partial charge in [-0.15, -0.1) is 0 Å².